The molecular weight excluding hydrogens is 190 g/mol. The van der Waals surface area contributed by atoms with Crippen LogP contribution >= 0.6 is 0 Å². The van der Waals surface area contributed by atoms with Crippen molar-refractivity contribution < 1.29 is 9.90 Å². The second kappa shape index (κ2) is 7.57. The van der Waals surface area contributed by atoms with Gasteiger partial charge in [0.15, 0.2) is 0 Å². The summed E-state index contributed by atoms with van der Waals surface area (Å²) in [5, 5.41) is 17.0. The molecule has 0 unspecified atom stereocenters. The summed E-state index contributed by atoms with van der Waals surface area (Å²) in [6.07, 6.45) is 8.62. The second-order valence-corrected chi connectivity index (χ2v) is 3.15. The first kappa shape index (κ1) is 13.2. The van der Waals surface area contributed by atoms with Crippen molar-refractivity contribution in [2.75, 3.05) is 0 Å². The van der Waals surface area contributed by atoms with Gasteiger partial charge in [-0.1, -0.05) is 37.1 Å². The number of nitrogens with zero attached hydrogens (tertiary/aromatic N) is 1. The van der Waals surface area contributed by atoms with Crippen molar-refractivity contribution in [2.24, 2.45) is 0 Å². The molecule has 0 bridgehead atoms. The van der Waals surface area contributed by atoms with E-state index in [4.69, 9.17) is 10.4 Å². The van der Waals surface area contributed by atoms with E-state index in [0.29, 0.717) is 0 Å². The molecule has 0 radical (unpaired) electrons. The summed E-state index contributed by atoms with van der Waals surface area (Å²) in [5.74, 6) is -1.20. The van der Waals surface area contributed by atoms with E-state index in [9.17, 15) is 4.79 Å². The number of rotatable bonds is 5. The van der Waals surface area contributed by atoms with Gasteiger partial charge in [0.05, 0.1) is 0 Å². The maximum atomic E-state index is 10.4. The van der Waals surface area contributed by atoms with Crippen molar-refractivity contribution in [3.05, 3.63) is 35.5 Å². The van der Waals surface area contributed by atoms with Gasteiger partial charge in [0.25, 0.3) is 0 Å². The monoisotopic (exact) mass is 205 g/mol. The zero-order valence-corrected chi connectivity index (χ0v) is 9.03. The van der Waals surface area contributed by atoms with Crippen LogP contribution in [-0.2, 0) is 4.79 Å². The molecule has 0 spiro atoms. The van der Waals surface area contributed by atoms with Crippen LogP contribution in [0, 0.1) is 11.3 Å². The molecule has 0 heterocycles. The third-order valence-corrected chi connectivity index (χ3v) is 1.75. The predicted molar refractivity (Wildman–Crippen MR) is 59.1 cm³/mol. The SMILES string of the molecule is CCC\C(C)=C/C=C/C=C(\C#N)C(=O)O. The molecule has 80 valence electrons. The summed E-state index contributed by atoms with van der Waals surface area (Å²) < 4.78 is 0. The fraction of sp³-hybridized carbons (Fsp3) is 0.333. The Morgan fingerprint density at radius 1 is 1.40 bits per heavy atom. The number of hydrogen-bond donors (Lipinski definition) is 1. The quantitative estimate of drug-likeness (QED) is 0.426. The van der Waals surface area contributed by atoms with Crippen molar-refractivity contribution in [1.29, 1.82) is 5.26 Å². The van der Waals surface area contributed by atoms with E-state index in [1.807, 2.05) is 13.0 Å². The molecule has 1 N–H and O–H groups in total. The largest absolute Gasteiger partial charge is 0.477 e. The number of carboxylic acid groups (broad SMARTS) is 1. The van der Waals surface area contributed by atoms with Crippen LogP contribution in [0.4, 0.5) is 0 Å². The average molecular weight is 205 g/mol. The first-order chi connectivity index (χ1) is 7.11. The smallest absolute Gasteiger partial charge is 0.346 e. The lowest BCUT2D eigenvalue weighted by Gasteiger charge is -1.92. The highest BCUT2D eigenvalue weighted by Crippen LogP contribution is 2.03. The molecule has 3 heteroatoms. The Labute approximate surface area is 90.0 Å². The molecule has 0 aliphatic rings. The number of allylic oxidation sites excluding steroid dienone is 5. The molecule has 15 heavy (non-hydrogen) atoms. The fourth-order valence-corrected chi connectivity index (χ4v) is 1.01. The minimum Gasteiger partial charge on any atom is -0.477 e. The van der Waals surface area contributed by atoms with Crippen LogP contribution in [0.3, 0.4) is 0 Å². The first-order valence-corrected chi connectivity index (χ1v) is 4.79. The van der Waals surface area contributed by atoms with Gasteiger partial charge in [0.1, 0.15) is 11.6 Å². The maximum absolute atomic E-state index is 10.4. The molecule has 0 atom stereocenters. The molecule has 0 amide bonds. The van der Waals surface area contributed by atoms with Crippen molar-refractivity contribution in [3.63, 3.8) is 0 Å². The van der Waals surface area contributed by atoms with Crippen molar-refractivity contribution in [1.82, 2.24) is 0 Å². The molecule has 0 aromatic carbocycles. The number of nitriles is 1. The molecule has 0 aliphatic heterocycles. The summed E-state index contributed by atoms with van der Waals surface area (Å²) in [6, 6.07) is 1.60. The summed E-state index contributed by atoms with van der Waals surface area (Å²) in [5.41, 5.74) is 0.976. The standard InChI is InChI=1S/C12H15NO2/c1-3-6-10(2)7-4-5-8-11(9-13)12(14)15/h4-5,7-8H,3,6H2,1-2H3,(H,14,15)/b5-4+,10-7-,11-8+. The highest BCUT2D eigenvalue weighted by atomic mass is 16.4. The minimum absolute atomic E-state index is 0.257. The lowest BCUT2D eigenvalue weighted by Crippen LogP contribution is -1.96. The molecule has 0 aliphatic carbocycles. The topological polar surface area (TPSA) is 61.1 Å². The maximum Gasteiger partial charge on any atom is 0.346 e. The van der Waals surface area contributed by atoms with Crippen molar-refractivity contribution >= 4 is 5.97 Å². The Morgan fingerprint density at radius 2 is 2.00 bits per heavy atom. The van der Waals surface area contributed by atoms with Gasteiger partial charge in [-0.05, 0) is 19.4 Å². The van der Waals surface area contributed by atoms with Crippen LogP contribution < -0.4 is 0 Å². The highest BCUT2D eigenvalue weighted by Gasteiger charge is 2.01. The first-order valence-electron chi connectivity index (χ1n) is 4.79. The van der Waals surface area contributed by atoms with Gasteiger partial charge in [-0.25, -0.2) is 4.79 Å². The predicted octanol–water partition coefficient (Wildman–Crippen LogP) is 2.82. The Bertz CT molecular complexity index is 343. The molecule has 3 nitrogen and oxygen atoms in total. The van der Waals surface area contributed by atoms with E-state index in [2.05, 4.69) is 6.92 Å². The molecule has 0 saturated heterocycles. The molecule has 0 aromatic heterocycles. The van der Waals surface area contributed by atoms with Gasteiger partial charge < -0.3 is 5.11 Å². The highest BCUT2D eigenvalue weighted by molar-refractivity contribution is 5.91. The van der Waals surface area contributed by atoms with E-state index < -0.39 is 5.97 Å². The van der Waals surface area contributed by atoms with Crippen LogP contribution in [0.25, 0.3) is 0 Å². The van der Waals surface area contributed by atoms with Gasteiger partial charge in [0.2, 0.25) is 0 Å². The van der Waals surface area contributed by atoms with Crippen LogP contribution in [0.1, 0.15) is 26.7 Å². The minimum atomic E-state index is -1.20. The second-order valence-electron chi connectivity index (χ2n) is 3.15. The third kappa shape index (κ3) is 6.28. The Morgan fingerprint density at radius 3 is 2.47 bits per heavy atom. The third-order valence-electron chi connectivity index (χ3n) is 1.75. The summed E-state index contributed by atoms with van der Waals surface area (Å²) in [4.78, 5) is 10.4. The summed E-state index contributed by atoms with van der Waals surface area (Å²) in [6.45, 7) is 4.11. The van der Waals surface area contributed by atoms with E-state index in [1.54, 1.807) is 18.2 Å². The molecule has 0 aromatic rings. The van der Waals surface area contributed by atoms with Crippen LogP contribution in [-0.4, -0.2) is 11.1 Å². The Hall–Kier alpha value is -1.82. The van der Waals surface area contributed by atoms with Crippen LogP contribution in [0.15, 0.2) is 35.5 Å². The van der Waals surface area contributed by atoms with Gasteiger partial charge in [-0.15, -0.1) is 0 Å². The van der Waals surface area contributed by atoms with Gasteiger partial charge >= 0.3 is 5.97 Å². The van der Waals surface area contributed by atoms with E-state index in [1.165, 1.54) is 11.6 Å². The number of carboxylic acids is 1. The molecule has 0 rings (SSSR count). The average Bonchev–Trinajstić information content (AvgIpc) is 2.17. The molecule has 0 fully saturated rings. The lowest BCUT2D eigenvalue weighted by molar-refractivity contribution is -0.132. The van der Waals surface area contributed by atoms with Gasteiger partial charge in [-0.3, -0.25) is 0 Å². The van der Waals surface area contributed by atoms with Crippen molar-refractivity contribution in [3.8, 4) is 6.07 Å². The normalized spacial score (nSPS) is 12.9. The van der Waals surface area contributed by atoms with Crippen LogP contribution in [0.2, 0.25) is 0 Å². The van der Waals surface area contributed by atoms with Crippen molar-refractivity contribution in [2.45, 2.75) is 26.7 Å². The number of hydrogen-bond acceptors (Lipinski definition) is 2. The molecule has 0 saturated carbocycles. The summed E-state index contributed by atoms with van der Waals surface area (Å²) >= 11 is 0. The van der Waals surface area contributed by atoms with Crippen LogP contribution in [0.5, 0.6) is 0 Å². The summed E-state index contributed by atoms with van der Waals surface area (Å²) in [7, 11) is 0. The van der Waals surface area contributed by atoms with Gasteiger partial charge in [-0.2, -0.15) is 5.26 Å². The fourth-order valence-electron chi connectivity index (χ4n) is 1.01. The zero-order chi connectivity index (χ0) is 11.7. The van der Waals surface area contributed by atoms with Gasteiger partial charge in [0, 0.05) is 0 Å². The van der Waals surface area contributed by atoms with E-state index in [-0.39, 0.29) is 5.57 Å². The zero-order valence-electron chi connectivity index (χ0n) is 9.03. The molecular formula is C12H15NO2. The Balaban J connectivity index is 4.37. The Kier molecular flexibility index (Phi) is 6.65. The van der Waals surface area contributed by atoms with E-state index in [0.717, 1.165) is 12.8 Å². The van der Waals surface area contributed by atoms with E-state index >= 15 is 0 Å². The lowest BCUT2D eigenvalue weighted by atomic mass is 10.1. The number of aliphatic carboxylic acids is 1. The number of carbonyl (C=O) groups is 1.